The molecular formula is C34H31FN4O4S. The smallest absolute Gasteiger partial charge is 0.255 e. The van der Waals surface area contributed by atoms with E-state index in [1.165, 1.54) is 47.1 Å². The molecule has 1 fully saturated rings. The second-order valence-corrected chi connectivity index (χ2v) is 11.8. The second kappa shape index (κ2) is 13.0. The summed E-state index contributed by atoms with van der Waals surface area (Å²) in [6, 6.07) is 16.3. The van der Waals surface area contributed by atoms with Crippen LogP contribution >= 0.6 is 11.3 Å². The van der Waals surface area contributed by atoms with E-state index in [0.717, 1.165) is 43.6 Å². The van der Waals surface area contributed by atoms with Gasteiger partial charge in [0.15, 0.2) is 5.13 Å². The lowest BCUT2D eigenvalue weighted by Crippen LogP contribution is -2.37. The zero-order valence-corrected chi connectivity index (χ0v) is 24.9. The average molecular weight is 611 g/mol. The van der Waals surface area contributed by atoms with Crippen molar-refractivity contribution in [1.29, 1.82) is 0 Å². The van der Waals surface area contributed by atoms with Crippen LogP contribution in [0.3, 0.4) is 0 Å². The van der Waals surface area contributed by atoms with Crippen molar-refractivity contribution in [1.82, 2.24) is 14.8 Å². The molecule has 0 bridgehead atoms. The standard InChI is InChI=1S/C34H31FN4O4S/c1-43-30-11-10-26(35)19-29(30)31(32(41)37-34-36-14-17-44-34)39-21-25-9-8-23(18-28(25)33(39)42)5-2-22-3-6-24(7-4-22)20-38-15-12-27(40)13-16-38/h3-4,6-11,14,17-19,27,31,40H,12-13,15-16,20-21H2,1H3,(H,36,37,41)/t31-/m1/s1. The number of rotatable bonds is 7. The van der Waals surface area contributed by atoms with Crippen LogP contribution in [-0.2, 0) is 17.9 Å². The van der Waals surface area contributed by atoms with Gasteiger partial charge in [0.05, 0.1) is 13.2 Å². The van der Waals surface area contributed by atoms with Gasteiger partial charge in [-0.1, -0.05) is 30.0 Å². The third-order valence-corrected chi connectivity index (χ3v) is 8.61. The van der Waals surface area contributed by atoms with Gasteiger partial charge in [-0.05, 0) is 66.4 Å². The maximum Gasteiger partial charge on any atom is 0.255 e. The summed E-state index contributed by atoms with van der Waals surface area (Å²) < 4.78 is 19.9. The number of nitrogens with zero attached hydrogens (tertiary/aromatic N) is 3. The topological polar surface area (TPSA) is 95.0 Å². The number of amides is 2. The Morgan fingerprint density at radius 2 is 1.86 bits per heavy atom. The second-order valence-electron chi connectivity index (χ2n) is 10.9. The minimum atomic E-state index is -1.16. The number of thiazole rings is 1. The summed E-state index contributed by atoms with van der Waals surface area (Å²) in [5, 5.41) is 14.6. The van der Waals surface area contributed by atoms with Crippen molar-refractivity contribution in [2.24, 2.45) is 0 Å². The summed E-state index contributed by atoms with van der Waals surface area (Å²) in [4.78, 5) is 35.3. The Labute approximate surface area is 259 Å². The molecule has 2 aliphatic rings. The summed E-state index contributed by atoms with van der Waals surface area (Å²) in [5.74, 6) is 5.20. The van der Waals surface area contributed by atoms with E-state index in [4.69, 9.17) is 4.74 Å². The van der Waals surface area contributed by atoms with Crippen LogP contribution in [0.5, 0.6) is 5.75 Å². The number of nitrogens with one attached hydrogen (secondary N) is 1. The first-order valence-electron chi connectivity index (χ1n) is 14.4. The molecule has 44 heavy (non-hydrogen) atoms. The van der Waals surface area contributed by atoms with Crippen LogP contribution in [0, 0.1) is 17.7 Å². The molecule has 1 saturated heterocycles. The van der Waals surface area contributed by atoms with Gasteiger partial charge < -0.3 is 14.7 Å². The maximum atomic E-state index is 14.4. The van der Waals surface area contributed by atoms with Crippen LogP contribution in [0.2, 0.25) is 0 Å². The zero-order valence-electron chi connectivity index (χ0n) is 24.1. The molecule has 10 heteroatoms. The molecule has 2 N–H and O–H groups in total. The van der Waals surface area contributed by atoms with Crippen LogP contribution in [0.1, 0.15) is 57.1 Å². The summed E-state index contributed by atoms with van der Waals surface area (Å²) in [5.41, 5.74) is 4.15. The number of halogens is 1. The molecule has 2 amide bonds. The van der Waals surface area contributed by atoms with Gasteiger partial charge in [0.2, 0.25) is 0 Å². The number of aromatic nitrogens is 1. The van der Waals surface area contributed by atoms with Crippen LogP contribution in [0.15, 0.2) is 72.2 Å². The third-order valence-electron chi connectivity index (χ3n) is 7.92. The number of benzene rings is 3. The van der Waals surface area contributed by atoms with E-state index in [0.29, 0.717) is 22.0 Å². The number of fused-ring (bicyclic) bond motifs is 1. The fraction of sp³-hybridized carbons (Fsp3) is 0.265. The van der Waals surface area contributed by atoms with E-state index in [1.807, 2.05) is 24.3 Å². The Bertz CT molecular complexity index is 1720. The van der Waals surface area contributed by atoms with Crippen molar-refractivity contribution in [3.8, 4) is 17.6 Å². The SMILES string of the molecule is COc1ccc(F)cc1[C@H](C(=O)Nc1nccs1)N1Cc2ccc(C#Cc3ccc(CN4CCC(O)CC4)cc3)cc2C1=O. The summed E-state index contributed by atoms with van der Waals surface area (Å²) >= 11 is 1.24. The van der Waals surface area contributed by atoms with Crippen molar-refractivity contribution < 1.29 is 23.8 Å². The first-order valence-corrected chi connectivity index (χ1v) is 15.2. The lowest BCUT2D eigenvalue weighted by molar-refractivity contribution is -0.120. The number of carbonyl (C=O) groups excluding carboxylic acids is 2. The molecule has 0 radical (unpaired) electrons. The Morgan fingerprint density at radius 3 is 2.59 bits per heavy atom. The predicted octanol–water partition coefficient (Wildman–Crippen LogP) is 4.98. The Morgan fingerprint density at radius 1 is 1.11 bits per heavy atom. The van der Waals surface area contributed by atoms with E-state index >= 15 is 0 Å². The molecule has 4 aromatic rings. The molecule has 224 valence electrons. The minimum absolute atomic E-state index is 0.162. The van der Waals surface area contributed by atoms with Crippen LogP contribution in [0.25, 0.3) is 0 Å². The van der Waals surface area contributed by atoms with Gasteiger partial charge in [0.25, 0.3) is 11.8 Å². The van der Waals surface area contributed by atoms with Crippen molar-refractivity contribution in [2.75, 3.05) is 25.5 Å². The van der Waals surface area contributed by atoms with Gasteiger partial charge in [0.1, 0.15) is 17.6 Å². The molecule has 3 aromatic carbocycles. The van der Waals surface area contributed by atoms with Crippen molar-refractivity contribution in [3.05, 3.63) is 111 Å². The highest BCUT2D eigenvalue weighted by Crippen LogP contribution is 2.37. The molecule has 3 heterocycles. The normalized spacial score (nSPS) is 15.8. The highest BCUT2D eigenvalue weighted by Gasteiger charge is 2.39. The lowest BCUT2D eigenvalue weighted by atomic mass is 10.0. The highest BCUT2D eigenvalue weighted by molar-refractivity contribution is 7.13. The largest absolute Gasteiger partial charge is 0.496 e. The van der Waals surface area contributed by atoms with Gasteiger partial charge in [-0.25, -0.2) is 9.37 Å². The predicted molar refractivity (Wildman–Crippen MR) is 166 cm³/mol. The first-order chi connectivity index (χ1) is 21.4. The van der Waals surface area contributed by atoms with Gasteiger partial charge in [-0.15, -0.1) is 11.3 Å². The summed E-state index contributed by atoms with van der Waals surface area (Å²) in [7, 11) is 1.44. The number of ether oxygens (including phenoxy) is 1. The monoisotopic (exact) mass is 610 g/mol. The quantitative estimate of drug-likeness (QED) is 0.287. The molecule has 6 rings (SSSR count). The summed E-state index contributed by atoms with van der Waals surface area (Å²) in [6.45, 7) is 2.79. The van der Waals surface area contributed by atoms with Crippen LogP contribution in [0.4, 0.5) is 9.52 Å². The molecule has 0 saturated carbocycles. The minimum Gasteiger partial charge on any atom is -0.496 e. The number of carbonyl (C=O) groups is 2. The molecule has 8 nitrogen and oxygen atoms in total. The summed E-state index contributed by atoms with van der Waals surface area (Å²) in [6.07, 6.45) is 3.00. The number of aliphatic hydroxyl groups excluding tert-OH is 1. The molecule has 1 aromatic heterocycles. The number of hydrogen-bond acceptors (Lipinski definition) is 7. The van der Waals surface area contributed by atoms with E-state index in [1.54, 1.807) is 17.6 Å². The Kier molecular flexibility index (Phi) is 8.70. The number of methoxy groups -OCH3 is 1. The molecule has 2 aliphatic heterocycles. The van der Waals surface area contributed by atoms with Crippen molar-refractivity contribution in [2.45, 2.75) is 38.1 Å². The number of aliphatic hydroxyl groups is 1. The van der Waals surface area contributed by atoms with E-state index < -0.39 is 17.8 Å². The first kappa shape index (κ1) is 29.5. The molecular weight excluding hydrogens is 579 g/mol. The van der Waals surface area contributed by atoms with Gasteiger partial charge in [0, 0.05) is 60.0 Å². The van der Waals surface area contributed by atoms with Gasteiger partial charge >= 0.3 is 0 Å². The fourth-order valence-electron chi connectivity index (χ4n) is 5.61. The number of anilines is 1. The average Bonchev–Trinajstić information content (AvgIpc) is 3.66. The lowest BCUT2D eigenvalue weighted by Gasteiger charge is -2.29. The number of likely N-dealkylation sites (tertiary alicyclic amines) is 1. The van der Waals surface area contributed by atoms with E-state index in [-0.39, 0.29) is 24.1 Å². The van der Waals surface area contributed by atoms with Crippen LogP contribution in [-0.4, -0.2) is 58.0 Å². The number of hydrogen-bond donors (Lipinski definition) is 2. The zero-order chi connectivity index (χ0) is 30.6. The number of piperidine rings is 1. The van der Waals surface area contributed by atoms with Crippen molar-refractivity contribution in [3.63, 3.8) is 0 Å². The fourth-order valence-corrected chi connectivity index (χ4v) is 6.14. The van der Waals surface area contributed by atoms with Gasteiger partial charge in [-0.2, -0.15) is 0 Å². The van der Waals surface area contributed by atoms with Crippen LogP contribution < -0.4 is 10.1 Å². The van der Waals surface area contributed by atoms with E-state index in [9.17, 15) is 19.1 Å². The van der Waals surface area contributed by atoms with Crippen molar-refractivity contribution >= 4 is 28.3 Å². The Balaban J connectivity index is 1.21. The molecule has 0 spiro atoms. The van der Waals surface area contributed by atoms with Gasteiger partial charge in [-0.3, -0.25) is 19.8 Å². The molecule has 0 aliphatic carbocycles. The van der Waals surface area contributed by atoms with E-state index in [2.05, 4.69) is 39.2 Å². The molecule has 1 atom stereocenters. The maximum absolute atomic E-state index is 14.4. The third kappa shape index (κ3) is 6.50. The Hall–Kier alpha value is -4.56. The molecule has 0 unspecified atom stereocenters. The highest BCUT2D eigenvalue weighted by atomic mass is 32.1.